The molecule has 3 aromatic rings. The van der Waals surface area contributed by atoms with Crippen LogP contribution >= 0.6 is 0 Å². The first-order chi connectivity index (χ1) is 10.1. The highest BCUT2D eigenvalue weighted by atomic mass is 16.5. The molecule has 0 aliphatic carbocycles. The van der Waals surface area contributed by atoms with Crippen molar-refractivity contribution in [1.29, 1.82) is 0 Å². The molecule has 0 amide bonds. The molecule has 6 heteroatoms. The largest absolute Gasteiger partial charge is 0.710 e. The molecule has 0 radical (unpaired) electrons. The van der Waals surface area contributed by atoms with Crippen LogP contribution in [0.25, 0.3) is 22.4 Å². The first-order valence-corrected chi connectivity index (χ1v) is 6.64. The molecule has 21 heavy (non-hydrogen) atoms. The van der Waals surface area contributed by atoms with E-state index in [1.807, 2.05) is 44.2 Å². The quantitative estimate of drug-likeness (QED) is 0.529. The maximum absolute atomic E-state index is 12.4. The van der Waals surface area contributed by atoms with Gasteiger partial charge in [-0.1, -0.05) is 30.3 Å². The van der Waals surface area contributed by atoms with Crippen LogP contribution in [0.4, 0.5) is 0 Å². The van der Waals surface area contributed by atoms with Crippen molar-refractivity contribution in [1.82, 2.24) is 14.5 Å². The minimum Gasteiger partial charge on any atom is -0.710 e. The smallest absolute Gasteiger partial charge is 0.359 e. The fourth-order valence-electron chi connectivity index (χ4n) is 2.14. The zero-order chi connectivity index (χ0) is 15.0. The Hall–Kier alpha value is -2.76. The number of fused-ring (bicyclic) bond motifs is 1. The lowest BCUT2D eigenvalue weighted by molar-refractivity contribution is -0.579. The van der Waals surface area contributed by atoms with Gasteiger partial charge in [0.1, 0.15) is 11.9 Å². The Bertz CT molecular complexity index is 857. The van der Waals surface area contributed by atoms with Crippen molar-refractivity contribution in [3.8, 4) is 11.3 Å². The van der Waals surface area contributed by atoms with E-state index in [1.165, 1.54) is 17.1 Å². The van der Waals surface area contributed by atoms with Gasteiger partial charge in [-0.05, 0) is 18.8 Å². The van der Waals surface area contributed by atoms with Gasteiger partial charge >= 0.3 is 5.65 Å². The zero-order valence-corrected chi connectivity index (χ0v) is 11.7. The average Bonchev–Trinajstić information content (AvgIpc) is 2.48. The van der Waals surface area contributed by atoms with Gasteiger partial charge in [0.2, 0.25) is 11.8 Å². The molecule has 0 spiro atoms. The second-order valence-corrected chi connectivity index (χ2v) is 5.04. The molecule has 1 aromatic carbocycles. The summed E-state index contributed by atoms with van der Waals surface area (Å²) in [7, 11) is 0. The summed E-state index contributed by atoms with van der Waals surface area (Å²) in [6, 6.07) is 9.22. The first kappa shape index (κ1) is 13.2. The second-order valence-electron chi connectivity index (χ2n) is 5.04. The maximum Gasteiger partial charge on any atom is 0.359 e. The molecule has 106 valence electrons. The molecule has 0 saturated heterocycles. The van der Waals surface area contributed by atoms with Crippen LogP contribution in [-0.2, 0) is 0 Å². The number of nitrogens with zero attached hydrogens (tertiary/aromatic N) is 4. The van der Waals surface area contributed by atoms with Crippen LogP contribution in [0.2, 0.25) is 0 Å². The van der Waals surface area contributed by atoms with Gasteiger partial charge in [-0.25, -0.2) is 9.71 Å². The molecule has 3 rings (SSSR count). The standard InChI is InChI=1S/C15H14N4O2/c1-10(2)18-9-16-14-13(15(18)20)17-12(8-19(14)21)11-6-4-3-5-7-11/h3-10H,1-2H3. The number of aromatic nitrogens is 4. The predicted molar refractivity (Wildman–Crippen MR) is 78.6 cm³/mol. The molecular formula is C15H14N4O2. The van der Waals surface area contributed by atoms with Crippen molar-refractivity contribution >= 4 is 11.2 Å². The lowest BCUT2D eigenvalue weighted by Gasteiger charge is -2.10. The van der Waals surface area contributed by atoms with Gasteiger partial charge in [-0.15, -0.1) is 0 Å². The molecule has 6 nitrogen and oxygen atoms in total. The molecule has 0 atom stereocenters. The van der Waals surface area contributed by atoms with Gasteiger partial charge in [0, 0.05) is 11.6 Å². The summed E-state index contributed by atoms with van der Waals surface area (Å²) in [5.74, 6) is 0. The fraction of sp³-hybridized carbons (Fsp3) is 0.200. The maximum atomic E-state index is 12.4. The Morgan fingerprint density at radius 3 is 2.62 bits per heavy atom. The van der Waals surface area contributed by atoms with Gasteiger partial charge in [-0.3, -0.25) is 9.36 Å². The second kappa shape index (κ2) is 4.97. The van der Waals surface area contributed by atoms with Crippen LogP contribution in [0.1, 0.15) is 19.9 Å². The summed E-state index contributed by atoms with van der Waals surface area (Å²) < 4.78 is 2.06. The monoisotopic (exact) mass is 282 g/mol. The fourth-order valence-corrected chi connectivity index (χ4v) is 2.14. The molecule has 0 aliphatic heterocycles. The van der Waals surface area contributed by atoms with E-state index in [-0.39, 0.29) is 22.8 Å². The lowest BCUT2D eigenvalue weighted by atomic mass is 10.2. The molecule has 0 bridgehead atoms. The van der Waals surface area contributed by atoms with Gasteiger partial charge < -0.3 is 5.21 Å². The van der Waals surface area contributed by atoms with Crippen molar-refractivity contribution in [2.75, 3.05) is 0 Å². The van der Waals surface area contributed by atoms with Gasteiger partial charge in [0.05, 0.1) is 0 Å². The third-order valence-corrected chi connectivity index (χ3v) is 3.26. The van der Waals surface area contributed by atoms with E-state index in [1.54, 1.807) is 0 Å². The van der Waals surface area contributed by atoms with Crippen molar-refractivity contribution in [2.45, 2.75) is 19.9 Å². The van der Waals surface area contributed by atoms with Crippen LogP contribution in [0.5, 0.6) is 0 Å². The SMILES string of the molecule is CC(C)n1cnc2c(nc(-c3ccccc3)c[n+]2[O-])c1=O. The minimum atomic E-state index is -0.308. The van der Waals surface area contributed by atoms with Crippen LogP contribution in [0, 0.1) is 5.21 Å². The van der Waals surface area contributed by atoms with Gasteiger partial charge in [0.15, 0.2) is 0 Å². The highest BCUT2D eigenvalue weighted by Gasteiger charge is 2.17. The van der Waals surface area contributed by atoms with Crippen LogP contribution in [0.3, 0.4) is 0 Å². The summed E-state index contributed by atoms with van der Waals surface area (Å²) in [5.41, 5.74) is 1.05. The Kier molecular flexibility index (Phi) is 3.13. The Labute approximate surface area is 120 Å². The molecule has 2 heterocycles. The van der Waals surface area contributed by atoms with E-state index in [4.69, 9.17) is 0 Å². The molecule has 0 N–H and O–H groups in total. The minimum absolute atomic E-state index is 0.0385. The van der Waals surface area contributed by atoms with E-state index < -0.39 is 0 Å². The molecule has 0 saturated carbocycles. The normalized spacial score (nSPS) is 11.2. The molecule has 0 fully saturated rings. The Balaban J connectivity index is 2.32. The highest BCUT2D eigenvalue weighted by Crippen LogP contribution is 2.15. The number of hydrogen-bond donors (Lipinski definition) is 0. The molecule has 0 aliphatic rings. The first-order valence-electron chi connectivity index (χ1n) is 6.64. The topological polar surface area (TPSA) is 74.7 Å². The van der Waals surface area contributed by atoms with Crippen molar-refractivity contribution in [3.63, 3.8) is 0 Å². The Morgan fingerprint density at radius 2 is 1.95 bits per heavy atom. The third kappa shape index (κ3) is 2.24. The highest BCUT2D eigenvalue weighted by molar-refractivity contribution is 5.69. The average molecular weight is 282 g/mol. The van der Waals surface area contributed by atoms with Crippen LogP contribution < -0.4 is 10.3 Å². The number of rotatable bonds is 2. The van der Waals surface area contributed by atoms with E-state index in [0.29, 0.717) is 10.4 Å². The van der Waals surface area contributed by atoms with E-state index in [0.717, 1.165) is 5.56 Å². The zero-order valence-electron chi connectivity index (χ0n) is 11.7. The number of hydrogen-bond acceptors (Lipinski definition) is 4. The molecule has 2 aromatic heterocycles. The summed E-state index contributed by atoms with van der Waals surface area (Å²) in [6.07, 6.45) is 2.72. The van der Waals surface area contributed by atoms with E-state index >= 15 is 0 Å². The van der Waals surface area contributed by atoms with Crippen molar-refractivity contribution in [2.24, 2.45) is 0 Å². The van der Waals surface area contributed by atoms with E-state index in [2.05, 4.69) is 9.97 Å². The van der Waals surface area contributed by atoms with Crippen LogP contribution in [0.15, 0.2) is 47.7 Å². The summed E-state index contributed by atoms with van der Waals surface area (Å²) in [6.45, 7) is 3.75. The summed E-state index contributed by atoms with van der Waals surface area (Å²) in [4.78, 5) is 20.8. The summed E-state index contributed by atoms with van der Waals surface area (Å²) >= 11 is 0. The molecule has 0 unspecified atom stereocenters. The van der Waals surface area contributed by atoms with Gasteiger partial charge in [0.25, 0.3) is 5.56 Å². The van der Waals surface area contributed by atoms with Crippen molar-refractivity contribution in [3.05, 3.63) is 58.4 Å². The van der Waals surface area contributed by atoms with Gasteiger partial charge in [-0.2, -0.15) is 0 Å². The third-order valence-electron chi connectivity index (χ3n) is 3.26. The lowest BCUT2D eigenvalue weighted by Crippen LogP contribution is -2.33. The van der Waals surface area contributed by atoms with Crippen molar-refractivity contribution < 1.29 is 4.73 Å². The van der Waals surface area contributed by atoms with E-state index in [9.17, 15) is 10.0 Å². The molecular weight excluding hydrogens is 268 g/mol. The van der Waals surface area contributed by atoms with Crippen LogP contribution in [-0.4, -0.2) is 14.5 Å². The number of benzene rings is 1. The Morgan fingerprint density at radius 1 is 1.24 bits per heavy atom. The predicted octanol–water partition coefficient (Wildman–Crippen LogP) is 1.67. The summed E-state index contributed by atoms with van der Waals surface area (Å²) in [5, 5.41) is 12.1.